The number of nitrogens with two attached hydrogens (primary N) is 1. The average molecular weight is 396 g/mol. The second kappa shape index (κ2) is 7.68. The maximum atomic E-state index is 14.3. The van der Waals surface area contributed by atoms with Crippen LogP contribution in [0.4, 0.5) is 8.78 Å². The lowest BCUT2D eigenvalue weighted by Gasteiger charge is -2.23. The van der Waals surface area contributed by atoms with Gasteiger partial charge >= 0.3 is 0 Å². The van der Waals surface area contributed by atoms with Crippen molar-refractivity contribution in [2.45, 2.75) is 55.3 Å². The molecular formula is C20H27F2N3OS. The topological polar surface area (TPSA) is 58.4 Å². The van der Waals surface area contributed by atoms with Gasteiger partial charge in [-0.2, -0.15) is 0 Å². The number of likely N-dealkylation sites (tertiary alicyclic amines) is 1. The minimum absolute atomic E-state index is 0.00888. The summed E-state index contributed by atoms with van der Waals surface area (Å²) >= 11 is 1.69. The summed E-state index contributed by atoms with van der Waals surface area (Å²) in [5.41, 5.74) is 6.13. The van der Waals surface area contributed by atoms with Gasteiger partial charge in [-0.3, -0.25) is 10.1 Å². The normalized spacial score (nSPS) is 36.5. The lowest BCUT2D eigenvalue weighted by Crippen LogP contribution is -2.35. The molecule has 4 nitrogen and oxygen atoms in total. The van der Waals surface area contributed by atoms with E-state index in [2.05, 4.69) is 5.32 Å². The van der Waals surface area contributed by atoms with E-state index in [1.54, 1.807) is 11.8 Å². The first-order valence-corrected chi connectivity index (χ1v) is 10.8. The summed E-state index contributed by atoms with van der Waals surface area (Å²) < 4.78 is 28.7. The first-order chi connectivity index (χ1) is 13.0. The fourth-order valence-electron chi connectivity index (χ4n) is 4.54. The predicted molar refractivity (Wildman–Crippen MR) is 103 cm³/mol. The number of halogens is 2. The molecule has 2 saturated heterocycles. The Morgan fingerprint density at radius 2 is 2.00 bits per heavy atom. The van der Waals surface area contributed by atoms with Crippen molar-refractivity contribution in [3.05, 3.63) is 35.4 Å². The highest BCUT2D eigenvalue weighted by atomic mass is 32.2. The third-order valence-electron chi connectivity index (χ3n) is 6.08. The summed E-state index contributed by atoms with van der Waals surface area (Å²) in [6, 6.07) is 3.79. The molecule has 6 unspecified atom stereocenters. The highest BCUT2D eigenvalue weighted by Gasteiger charge is 2.54. The van der Waals surface area contributed by atoms with Crippen LogP contribution in [0.15, 0.2) is 18.2 Å². The van der Waals surface area contributed by atoms with E-state index in [1.165, 1.54) is 18.2 Å². The van der Waals surface area contributed by atoms with Crippen molar-refractivity contribution in [1.82, 2.24) is 10.2 Å². The molecule has 0 spiro atoms. The van der Waals surface area contributed by atoms with E-state index >= 15 is 0 Å². The quantitative estimate of drug-likeness (QED) is 0.826. The first-order valence-electron chi connectivity index (χ1n) is 9.85. The highest BCUT2D eigenvalue weighted by Crippen LogP contribution is 2.54. The number of amides is 1. The van der Waals surface area contributed by atoms with E-state index in [-0.39, 0.29) is 40.0 Å². The fraction of sp³-hybridized carbons (Fsp3) is 0.650. The zero-order chi connectivity index (χ0) is 19.1. The minimum Gasteiger partial charge on any atom is -0.342 e. The second-order valence-electron chi connectivity index (χ2n) is 8.04. The molecule has 0 radical (unpaired) electrons. The van der Waals surface area contributed by atoms with Gasteiger partial charge in [0.2, 0.25) is 5.91 Å². The molecule has 3 N–H and O–H groups in total. The number of carbonyl (C=O) groups is 1. The Hall–Kier alpha value is -1.18. The molecule has 3 aliphatic rings. The first kappa shape index (κ1) is 19.2. The van der Waals surface area contributed by atoms with Crippen LogP contribution < -0.4 is 11.1 Å². The van der Waals surface area contributed by atoms with Gasteiger partial charge < -0.3 is 10.6 Å². The number of hydrogen-bond acceptors (Lipinski definition) is 4. The van der Waals surface area contributed by atoms with Crippen LogP contribution in [0, 0.1) is 23.5 Å². The molecule has 0 aromatic heterocycles. The van der Waals surface area contributed by atoms with Gasteiger partial charge in [0.15, 0.2) is 0 Å². The summed E-state index contributed by atoms with van der Waals surface area (Å²) in [7, 11) is 0. The van der Waals surface area contributed by atoms with Crippen LogP contribution in [-0.2, 0) is 4.79 Å². The summed E-state index contributed by atoms with van der Waals surface area (Å²) in [5, 5.41) is 3.43. The van der Waals surface area contributed by atoms with Gasteiger partial charge in [-0.25, -0.2) is 8.78 Å². The van der Waals surface area contributed by atoms with Crippen LogP contribution in [0.25, 0.3) is 0 Å². The van der Waals surface area contributed by atoms with E-state index in [0.29, 0.717) is 0 Å². The number of nitrogens with zero attached hydrogens (tertiary/aromatic N) is 1. The van der Waals surface area contributed by atoms with E-state index < -0.39 is 17.7 Å². The predicted octanol–water partition coefficient (Wildman–Crippen LogP) is 3.03. The number of thioether (sulfide) groups is 1. The van der Waals surface area contributed by atoms with E-state index in [0.717, 1.165) is 38.8 Å². The van der Waals surface area contributed by atoms with Crippen LogP contribution in [0.5, 0.6) is 0 Å². The highest BCUT2D eigenvalue weighted by molar-refractivity contribution is 8.00. The molecule has 148 valence electrons. The van der Waals surface area contributed by atoms with Crippen molar-refractivity contribution >= 4 is 17.7 Å². The van der Waals surface area contributed by atoms with E-state index in [9.17, 15) is 13.6 Å². The average Bonchev–Trinajstić information content (AvgIpc) is 3.37. The van der Waals surface area contributed by atoms with Crippen LogP contribution in [0.1, 0.15) is 44.2 Å². The van der Waals surface area contributed by atoms with Crippen molar-refractivity contribution in [1.29, 1.82) is 0 Å². The summed E-state index contributed by atoms with van der Waals surface area (Å²) in [6.45, 7) is 3.50. The minimum atomic E-state index is -0.516. The van der Waals surface area contributed by atoms with Gasteiger partial charge in [0.05, 0.1) is 11.4 Å². The maximum absolute atomic E-state index is 14.3. The van der Waals surface area contributed by atoms with Crippen LogP contribution >= 0.6 is 11.8 Å². The Morgan fingerprint density at radius 3 is 2.74 bits per heavy atom. The number of hydrogen-bond donors (Lipinski definition) is 2. The van der Waals surface area contributed by atoms with Gasteiger partial charge in [0.25, 0.3) is 0 Å². The molecule has 6 atom stereocenters. The molecule has 1 saturated carbocycles. The third kappa shape index (κ3) is 3.87. The SMILES string of the molecule is CC1NC(c2c(F)cccc2F)C(C2CC2C(=O)N2CCCC(N)CC2)S1. The largest absolute Gasteiger partial charge is 0.342 e. The van der Waals surface area contributed by atoms with Crippen molar-refractivity contribution < 1.29 is 13.6 Å². The standard InChI is InChI=1S/C20H27F2N3OS/c1-11-24-18(17-15(21)5-2-6-16(17)22)19(27-11)13-10-14(13)20(26)25-8-3-4-12(23)7-9-25/h2,5-6,11-14,18-19,24H,3-4,7-10,23H2,1H3. The Kier molecular flexibility index (Phi) is 5.45. The maximum Gasteiger partial charge on any atom is 0.226 e. The molecule has 1 aromatic carbocycles. The molecule has 0 bridgehead atoms. The van der Waals surface area contributed by atoms with Gasteiger partial charge in [0.1, 0.15) is 11.6 Å². The zero-order valence-corrected chi connectivity index (χ0v) is 16.4. The Bertz CT molecular complexity index is 698. The summed E-state index contributed by atoms with van der Waals surface area (Å²) in [4.78, 5) is 14.9. The van der Waals surface area contributed by atoms with Crippen molar-refractivity contribution in [3.63, 3.8) is 0 Å². The van der Waals surface area contributed by atoms with Crippen LogP contribution in [0.3, 0.4) is 0 Å². The molecule has 7 heteroatoms. The summed E-state index contributed by atoms with van der Waals surface area (Å²) in [5.74, 6) is -0.696. The van der Waals surface area contributed by atoms with Crippen LogP contribution in [0.2, 0.25) is 0 Å². The number of rotatable bonds is 3. The van der Waals surface area contributed by atoms with Gasteiger partial charge in [-0.05, 0) is 50.7 Å². The van der Waals surface area contributed by atoms with E-state index in [1.807, 2.05) is 11.8 Å². The van der Waals surface area contributed by atoms with Gasteiger partial charge in [-0.1, -0.05) is 6.07 Å². The molecule has 1 aliphatic carbocycles. The molecule has 2 heterocycles. The molecule has 27 heavy (non-hydrogen) atoms. The lowest BCUT2D eigenvalue weighted by molar-refractivity contribution is -0.132. The number of nitrogens with one attached hydrogen (secondary N) is 1. The monoisotopic (exact) mass is 395 g/mol. The van der Waals surface area contributed by atoms with Gasteiger partial charge in [0, 0.05) is 35.9 Å². The summed E-state index contributed by atoms with van der Waals surface area (Å²) in [6.07, 6.45) is 3.57. The Labute approximate surface area is 163 Å². The zero-order valence-electron chi connectivity index (χ0n) is 15.5. The molecule has 4 rings (SSSR count). The van der Waals surface area contributed by atoms with Crippen molar-refractivity contribution in [3.8, 4) is 0 Å². The molecule has 1 amide bonds. The van der Waals surface area contributed by atoms with Crippen LogP contribution in [-0.4, -0.2) is 40.6 Å². The molecule has 2 aliphatic heterocycles. The lowest BCUT2D eigenvalue weighted by atomic mass is 9.98. The molecular weight excluding hydrogens is 368 g/mol. The third-order valence-corrected chi connectivity index (χ3v) is 7.56. The number of benzene rings is 1. The Morgan fingerprint density at radius 1 is 1.26 bits per heavy atom. The smallest absolute Gasteiger partial charge is 0.226 e. The fourth-order valence-corrected chi connectivity index (χ4v) is 6.11. The number of carbonyl (C=O) groups excluding carboxylic acids is 1. The molecule has 1 aromatic rings. The van der Waals surface area contributed by atoms with Crippen molar-refractivity contribution in [2.24, 2.45) is 17.6 Å². The Balaban J connectivity index is 1.48. The molecule has 3 fully saturated rings. The second-order valence-corrected chi connectivity index (χ2v) is 9.57. The van der Waals surface area contributed by atoms with E-state index in [4.69, 9.17) is 5.73 Å². The van der Waals surface area contributed by atoms with Gasteiger partial charge in [-0.15, -0.1) is 11.8 Å². The van der Waals surface area contributed by atoms with Crippen molar-refractivity contribution in [2.75, 3.05) is 13.1 Å².